The summed E-state index contributed by atoms with van der Waals surface area (Å²) in [5, 5.41) is 18.2. The van der Waals surface area contributed by atoms with Crippen LogP contribution in [0.4, 0.5) is 8.78 Å². The molecule has 2 atom stereocenters. The maximum Gasteiger partial charge on any atom is 0.159 e. The lowest BCUT2D eigenvalue weighted by Crippen LogP contribution is -2.32. The zero-order chi connectivity index (χ0) is 17.9. The van der Waals surface area contributed by atoms with E-state index in [9.17, 15) is 13.9 Å². The van der Waals surface area contributed by atoms with Crippen molar-refractivity contribution in [3.8, 4) is 0 Å². The molecule has 1 aromatic carbocycles. The fraction of sp³-hybridized carbons (Fsp3) is 0.500. The van der Waals surface area contributed by atoms with Crippen LogP contribution in [0.3, 0.4) is 0 Å². The Balaban J connectivity index is 2.10. The number of aromatic nitrogens is 2. The first kappa shape index (κ1) is 18.5. The number of nitrogens with zero attached hydrogens (tertiary/aromatic N) is 2. The van der Waals surface area contributed by atoms with Crippen molar-refractivity contribution in [3.05, 3.63) is 52.3 Å². The third-order valence-corrected chi connectivity index (χ3v) is 4.39. The highest BCUT2D eigenvalue weighted by atomic mass is 19.2. The molecule has 24 heavy (non-hydrogen) atoms. The molecular weight excluding hydrogens is 312 g/mol. The highest BCUT2D eigenvalue weighted by molar-refractivity contribution is 5.27. The molecule has 1 heterocycles. The van der Waals surface area contributed by atoms with Crippen molar-refractivity contribution in [3.63, 3.8) is 0 Å². The van der Waals surface area contributed by atoms with Crippen LogP contribution in [0, 0.1) is 11.6 Å². The van der Waals surface area contributed by atoms with Crippen molar-refractivity contribution in [2.45, 2.75) is 52.3 Å². The molecule has 0 amide bonds. The predicted molar refractivity (Wildman–Crippen MR) is 89.6 cm³/mol. The lowest BCUT2D eigenvalue weighted by molar-refractivity contribution is 0.134. The maximum atomic E-state index is 13.3. The largest absolute Gasteiger partial charge is 0.387 e. The minimum atomic E-state index is -0.951. The number of rotatable bonds is 7. The molecule has 132 valence electrons. The van der Waals surface area contributed by atoms with E-state index in [1.54, 1.807) is 0 Å². The van der Waals surface area contributed by atoms with Crippen LogP contribution in [0.15, 0.2) is 18.2 Å². The molecule has 6 heteroatoms. The van der Waals surface area contributed by atoms with E-state index in [-0.39, 0.29) is 6.04 Å². The number of aliphatic hydroxyl groups excluding tert-OH is 1. The lowest BCUT2D eigenvalue weighted by Gasteiger charge is -2.21. The topological polar surface area (TPSA) is 50.1 Å². The molecule has 4 nitrogen and oxygen atoms in total. The van der Waals surface area contributed by atoms with E-state index in [1.165, 1.54) is 6.07 Å². The summed E-state index contributed by atoms with van der Waals surface area (Å²) >= 11 is 0. The molecule has 0 aliphatic carbocycles. The Kier molecular flexibility index (Phi) is 6.07. The van der Waals surface area contributed by atoms with Gasteiger partial charge in [0.25, 0.3) is 0 Å². The Bertz CT molecular complexity index is 700. The molecule has 0 radical (unpaired) electrons. The molecule has 0 saturated heterocycles. The van der Waals surface area contributed by atoms with E-state index >= 15 is 0 Å². The molecule has 0 aliphatic rings. The highest BCUT2D eigenvalue weighted by Crippen LogP contribution is 2.21. The summed E-state index contributed by atoms with van der Waals surface area (Å²) in [7, 11) is 1.93. The lowest BCUT2D eigenvalue weighted by atomic mass is 10.0. The molecule has 0 spiro atoms. The van der Waals surface area contributed by atoms with Gasteiger partial charge in [-0.05, 0) is 37.5 Å². The number of hydrogen-bond donors (Lipinski definition) is 2. The van der Waals surface area contributed by atoms with Gasteiger partial charge in [0.1, 0.15) is 0 Å². The molecule has 2 unspecified atom stereocenters. The SMILES string of the molecule is CCc1nn(C)c(CC)c1CNC(C)C(O)c1ccc(F)c(F)c1. The van der Waals surface area contributed by atoms with Crippen LogP contribution in [-0.2, 0) is 26.4 Å². The van der Waals surface area contributed by atoms with Crippen LogP contribution in [0.5, 0.6) is 0 Å². The molecular formula is C18H25F2N3O. The number of aliphatic hydroxyl groups is 1. The molecule has 2 rings (SSSR count). The third kappa shape index (κ3) is 3.82. The number of nitrogens with one attached hydrogen (secondary N) is 1. The number of aryl methyl sites for hydroxylation is 2. The highest BCUT2D eigenvalue weighted by Gasteiger charge is 2.20. The van der Waals surface area contributed by atoms with Gasteiger partial charge in [-0.1, -0.05) is 19.9 Å². The predicted octanol–water partition coefficient (Wildman–Crippen LogP) is 3.03. The van der Waals surface area contributed by atoms with Crippen LogP contribution in [0.2, 0.25) is 0 Å². The Labute approximate surface area is 141 Å². The smallest absolute Gasteiger partial charge is 0.159 e. The molecule has 0 bridgehead atoms. The fourth-order valence-corrected chi connectivity index (χ4v) is 2.95. The van der Waals surface area contributed by atoms with Gasteiger partial charge in [0, 0.05) is 30.9 Å². The normalized spacial score (nSPS) is 14.0. The van der Waals surface area contributed by atoms with Crippen LogP contribution < -0.4 is 5.32 Å². The first-order valence-electron chi connectivity index (χ1n) is 8.29. The van der Waals surface area contributed by atoms with Gasteiger partial charge in [0.05, 0.1) is 11.8 Å². The summed E-state index contributed by atoms with van der Waals surface area (Å²) in [6, 6.07) is 3.16. The second kappa shape index (κ2) is 7.85. The zero-order valence-electron chi connectivity index (χ0n) is 14.6. The summed E-state index contributed by atoms with van der Waals surface area (Å²) < 4.78 is 28.3. The fourth-order valence-electron chi connectivity index (χ4n) is 2.95. The quantitative estimate of drug-likeness (QED) is 0.816. The average molecular weight is 337 g/mol. The van der Waals surface area contributed by atoms with Crippen molar-refractivity contribution < 1.29 is 13.9 Å². The molecule has 0 saturated carbocycles. The van der Waals surface area contributed by atoms with Crippen LogP contribution in [0.1, 0.15) is 49.4 Å². The summed E-state index contributed by atoms with van der Waals surface area (Å²) in [4.78, 5) is 0. The van der Waals surface area contributed by atoms with Gasteiger partial charge in [-0.2, -0.15) is 5.10 Å². The summed E-state index contributed by atoms with van der Waals surface area (Å²) in [5.41, 5.74) is 3.70. The van der Waals surface area contributed by atoms with E-state index in [4.69, 9.17) is 0 Å². The Morgan fingerprint density at radius 3 is 2.50 bits per heavy atom. The second-order valence-corrected chi connectivity index (χ2v) is 5.99. The number of benzene rings is 1. The van der Waals surface area contributed by atoms with Gasteiger partial charge in [0.15, 0.2) is 11.6 Å². The van der Waals surface area contributed by atoms with E-state index < -0.39 is 17.7 Å². The minimum Gasteiger partial charge on any atom is -0.387 e. The molecule has 2 aromatic rings. The third-order valence-electron chi connectivity index (χ3n) is 4.39. The van der Waals surface area contributed by atoms with Gasteiger partial charge in [0.2, 0.25) is 0 Å². The van der Waals surface area contributed by atoms with Crippen molar-refractivity contribution in [1.82, 2.24) is 15.1 Å². The average Bonchev–Trinajstić information content (AvgIpc) is 2.89. The van der Waals surface area contributed by atoms with Gasteiger partial charge in [-0.3, -0.25) is 4.68 Å². The van der Waals surface area contributed by atoms with Gasteiger partial charge in [-0.25, -0.2) is 8.78 Å². The summed E-state index contributed by atoms with van der Waals surface area (Å²) in [6.07, 6.45) is 0.790. The zero-order valence-corrected chi connectivity index (χ0v) is 14.6. The van der Waals surface area contributed by atoms with Crippen LogP contribution in [-0.4, -0.2) is 20.9 Å². The number of hydrogen-bond acceptors (Lipinski definition) is 3. The minimum absolute atomic E-state index is 0.315. The summed E-state index contributed by atoms with van der Waals surface area (Å²) in [5.74, 6) is -1.87. The van der Waals surface area contributed by atoms with E-state index in [2.05, 4.69) is 24.3 Å². The number of halogens is 2. The van der Waals surface area contributed by atoms with Crippen molar-refractivity contribution in [2.75, 3.05) is 0 Å². The Morgan fingerprint density at radius 2 is 1.92 bits per heavy atom. The van der Waals surface area contributed by atoms with E-state index in [0.717, 1.165) is 41.9 Å². The summed E-state index contributed by atoms with van der Waals surface area (Å²) in [6.45, 7) is 6.53. The first-order chi connectivity index (χ1) is 11.4. The maximum absolute atomic E-state index is 13.3. The Hall–Kier alpha value is -1.79. The first-order valence-corrected chi connectivity index (χ1v) is 8.29. The van der Waals surface area contributed by atoms with E-state index in [0.29, 0.717) is 12.1 Å². The monoisotopic (exact) mass is 337 g/mol. The second-order valence-electron chi connectivity index (χ2n) is 5.99. The molecule has 0 fully saturated rings. The van der Waals surface area contributed by atoms with Crippen LogP contribution in [0.25, 0.3) is 0 Å². The van der Waals surface area contributed by atoms with Gasteiger partial charge < -0.3 is 10.4 Å². The van der Waals surface area contributed by atoms with E-state index in [1.807, 2.05) is 18.7 Å². The van der Waals surface area contributed by atoms with Crippen molar-refractivity contribution in [2.24, 2.45) is 7.05 Å². The van der Waals surface area contributed by atoms with Crippen molar-refractivity contribution >= 4 is 0 Å². The molecule has 2 N–H and O–H groups in total. The van der Waals surface area contributed by atoms with Crippen LogP contribution >= 0.6 is 0 Å². The van der Waals surface area contributed by atoms with Crippen molar-refractivity contribution in [1.29, 1.82) is 0 Å². The van der Waals surface area contributed by atoms with Gasteiger partial charge in [-0.15, -0.1) is 0 Å². The Morgan fingerprint density at radius 1 is 1.21 bits per heavy atom. The van der Waals surface area contributed by atoms with Gasteiger partial charge >= 0.3 is 0 Å². The standard InChI is InChI=1S/C18H25F2N3O/c1-5-16-13(17(6-2)23(4)22-16)10-21-11(3)18(24)12-7-8-14(19)15(20)9-12/h7-9,11,18,21,24H,5-6,10H2,1-4H3. The molecule has 1 aromatic heterocycles. The molecule has 0 aliphatic heterocycles.